The van der Waals surface area contributed by atoms with Gasteiger partial charge >= 0.3 is 12.1 Å². The number of aliphatic carboxylic acids is 1. The first kappa shape index (κ1) is 36.5. The molecule has 4 rings (SSSR count). The van der Waals surface area contributed by atoms with E-state index in [2.05, 4.69) is 5.32 Å². The van der Waals surface area contributed by atoms with Crippen LogP contribution in [0.5, 0.6) is 0 Å². The number of benzene rings is 1. The van der Waals surface area contributed by atoms with Crippen LogP contribution in [0.4, 0.5) is 22.4 Å². The van der Waals surface area contributed by atoms with Crippen LogP contribution in [0.2, 0.25) is 0 Å². The lowest BCUT2D eigenvalue weighted by molar-refractivity contribution is -0.142. The Morgan fingerprint density at radius 1 is 1.00 bits per heavy atom. The Balaban J connectivity index is 1.49. The predicted molar refractivity (Wildman–Crippen MR) is 164 cm³/mol. The minimum Gasteiger partial charge on any atom is -0.480 e. The number of nitrogens with zero attached hydrogens (tertiary/aromatic N) is 4. The number of carbonyl (C=O) groups is 5. The summed E-state index contributed by atoms with van der Waals surface area (Å²) < 4.78 is 62.4. The van der Waals surface area contributed by atoms with Gasteiger partial charge in [-0.15, -0.1) is 0 Å². The highest BCUT2D eigenvalue weighted by atomic mass is 19.3. The van der Waals surface area contributed by atoms with E-state index in [1.807, 2.05) is 0 Å². The number of fused-ring (bicyclic) bond motifs is 1. The van der Waals surface area contributed by atoms with Crippen LogP contribution < -0.4 is 5.32 Å². The molecule has 1 saturated heterocycles. The normalized spacial score (nSPS) is 18.3. The molecule has 2 aromatic rings. The lowest BCUT2D eigenvalue weighted by atomic mass is 9.81. The van der Waals surface area contributed by atoms with E-state index in [0.717, 1.165) is 21.6 Å². The van der Waals surface area contributed by atoms with E-state index < -0.39 is 90.3 Å². The Kier molecular flexibility index (Phi) is 10.6. The Morgan fingerprint density at radius 2 is 1.56 bits per heavy atom. The Bertz CT molecular complexity index is 1570. The van der Waals surface area contributed by atoms with Crippen LogP contribution in [-0.2, 0) is 25.7 Å². The van der Waals surface area contributed by atoms with E-state index in [1.165, 1.54) is 29.8 Å². The van der Waals surface area contributed by atoms with Crippen molar-refractivity contribution in [3.8, 4) is 0 Å². The van der Waals surface area contributed by atoms with Crippen LogP contribution >= 0.6 is 0 Å². The number of carboxylic acids is 1. The molecule has 0 bridgehead atoms. The molecule has 0 radical (unpaired) electrons. The number of carbonyl (C=O) groups excluding carboxylic acids is 4. The molecule has 0 unspecified atom stereocenters. The maximum absolute atomic E-state index is 14.0. The first-order valence-electron chi connectivity index (χ1n) is 15.7. The number of alkyl halides is 2. The monoisotopic (exact) mass is 683 g/mol. The number of hydrogen-bond donors (Lipinski definition) is 2. The van der Waals surface area contributed by atoms with Gasteiger partial charge in [-0.2, -0.15) is 0 Å². The highest BCUT2D eigenvalue weighted by Crippen LogP contribution is 2.38. The Hall–Kier alpha value is -4.37. The maximum Gasteiger partial charge on any atom is 0.410 e. The molecule has 2 atom stereocenters. The van der Waals surface area contributed by atoms with Crippen molar-refractivity contribution in [2.75, 3.05) is 33.2 Å². The van der Waals surface area contributed by atoms with Gasteiger partial charge in [0.05, 0.1) is 5.52 Å². The molecule has 12 nitrogen and oxygen atoms in total. The molecule has 2 heterocycles. The minimum absolute atomic E-state index is 0.00306. The lowest BCUT2D eigenvalue weighted by Gasteiger charge is -2.40. The summed E-state index contributed by atoms with van der Waals surface area (Å²) in [5.74, 6) is -8.96. The Labute approximate surface area is 274 Å². The second kappa shape index (κ2) is 14.0. The molecule has 1 aliphatic heterocycles. The molecule has 4 amide bonds. The van der Waals surface area contributed by atoms with Gasteiger partial charge in [-0.25, -0.2) is 22.4 Å². The fourth-order valence-corrected chi connectivity index (χ4v) is 5.95. The summed E-state index contributed by atoms with van der Waals surface area (Å²) in [4.78, 5) is 68.7. The summed E-state index contributed by atoms with van der Waals surface area (Å²) >= 11 is 0. The van der Waals surface area contributed by atoms with E-state index in [4.69, 9.17) is 4.74 Å². The van der Waals surface area contributed by atoms with Crippen LogP contribution in [0.25, 0.3) is 10.9 Å². The summed E-state index contributed by atoms with van der Waals surface area (Å²) in [6, 6.07) is 0.740. The third-order valence-corrected chi connectivity index (χ3v) is 8.77. The molecule has 16 heteroatoms. The zero-order valence-electron chi connectivity index (χ0n) is 27.5. The number of rotatable bonds is 8. The molecular weight excluding hydrogens is 642 g/mol. The molecule has 2 fully saturated rings. The van der Waals surface area contributed by atoms with Crippen molar-refractivity contribution in [2.45, 2.75) is 83.5 Å². The maximum atomic E-state index is 14.0. The summed E-state index contributed by atoms with van der Waals surface area (Å²) in [5.41, 5.74) is -0.898. The van der Waals surface area contributed by atoms with Gasteiger partial charge in [0.1, 0.15) is 29.9 Å². The average molecular weight is 684 g/mol. The second-order valence-electron chi connectivity index (χ2n) is 13.4. The first-order valence-corrected chi connectivity index (χ1v) is 15.7. The van der Waals surface area contributed by atoms with Crippen molar-refractivity contribution in [3.63, 3.8) is 0 Å². The van der Waals surface area contributed by atoms with E-state index in [-0.39, 0.29) is 55.6 Å². The zero-order valence-corrected chi connectivity index (χ0v) is 27.5. The van der Waals surface area contributed by atoms with E-state index in [1.54, 1.807) is 20.8 Å². The first-order chi connectivity index (χ1) is 22.3. The van der Waals surface area contributed by atoms with Crippen LogP contribution in [-0.4, -0.2) is 111 Å². The molecule has 2 N–H and O–H groups in total. The summed E-state index contributed by atoms with van der Waals surface area (Å²) in [6.07, 6.45) is -1.71. The largest absolute Gasteiger partial charge is 0.480 e. The number of aromatic nitrogens is 1. The highest BCUT2D eigenvalue weighted by Gasteiger charge is 2.43. The number of amides is 4. The molecule has 1 aliphatic carbocycles. The van der Waals surface area contributed by atoms with Gasteiger partial charge in [0, 0.05) is 57.5 Å². The smallest absolute Gasteiger partial charge is 0.410 e. The second-order valence-corrected chi connectivity index (χ2v) is 13.4. The number of ether oxygens (including phenoxy) is 1. The summed E-state index contributed by atoms with van der Waals surface area (Å²) in [5, 5.41) is 12.2. The van der Waals surface area contributed by atoms with E-state index in [9.17, 15) is 46.6 Å². The molecule has 1 aromatic heterocycles. The van der Waals surface area contributed by atoms with Gasteiger partial charge in [-0.3, -0.25) is 24.1 Å². The molecule has 0 spiro atoms. The van der Waals surface area contributed by atoms with Crippen molar-refractivity contribution in [1.29, 1.82) is 0 Å². The van der Waals surface area contributed by atoms with Crippen molar-refractivity contribution >= 4 is 40.7 Å². The number of carboxylic acid groups (broad SMARTS) is 1. The van der Waals surface area contributed by atoms with Crippen LogP contribution in [0.3, 0.4) is 0 Å². The van der Waals surface area contributed by atoms with Crippen LogP contribution in [0, 0.1) is 17.6 Å². The van der Waals surface area contributed by atoms with Crippen molar-refractivity contribution < 1.29 is 51.4 Å². The topological polar surface area (TPSA) is 141 Å². The SMILES string of the molecule is C[C@@H](C(=O)N[C@H](C(=O)N1CCN(C(=O)c2cc3cc(F)c(F)cc3n2CC(=O)O)CC1)C1CCC(F)(F)CC1)N(C)C(=O)OC(C)(C)C. The molecule has 1 saturated carbocycles. The van der Waals surface area contributed by atoms with E-state index in [0.29, 0.717) is 0 Å². The van der Waals surface area contributed by atoms with Gasteiger partial charge in [0.2, 0.25) is 17.7 Å². The highest BCUT2D eigenvalue weighted by molar-refractivity contribution is 5.99. The third kappa shape index (κ3) is 8.37. The molecule has 2 aliphatic rings. The number of likely N-dealkylation sites (N-methyl/N-ethyl adjacent to an activating group) is 1. The number of piperazine rings is 1. The molecular formula is C32H41F4N5O7. The fraction of sp³-hybridized carbons (Fsp3) is 0.594. The zero-order chi connectivity index (χ0) is 35.7. The van der Waals surface area contributed by atoms with Gasteiger partial charge in [-0.05, 0) is 58.6 Å². The Morgan fingerprint density at radius 3 is 2.12 bits per heavy atom. The van der Waals surface area contributed by atoms with Gasteiger partial charge in [0.15, 0.2) is 11.6 Å². The lowest BCUT2D eigenvalue weighted by Crippen LogP contribution is -2.60. The quantitative estimate of drug-likeness (QED) is 0.403. The molecule has 1 aromatic carbocycles. The molecule has 264 valence electrons. The van der Waals surface area contributed by atoms with Crippen molar-refractivity contribution in [1.82, 2.24) is 24.6 Å². The van der Waals surface area contributed by atoms with Gasteiger partial charge in [0.25, 0.3) is 5.91 Å². The average Bonchev–Trinajstić information content (AvgIpc) is 3.33. The van der Waals surface area contributed by atoms with Crippen LogP contribution in [0.1, 0.15) is 63.9 Å². The number of nitrogens with one attached hydrogen (secondary N) is 1. The molecule has 48 heavy (non-hydrogen) atoms. The summed E-state index contributed by atoms with van der Waals surface area (Å²) in [6.45, 7) is 5.80. The number of hydrogen-bond acceptors (Lipinski definition) is 6. The van der Waals surface area contributed by atoms with Gasteiger partial charge < -0.3 is 29.5 Å². The fourth-order valence-electron chi connectivity index (χ4n) is 5.95. The van der Waals surface area contributed by atoms with Crippen LogP contribution in [0.15, 0.2) is 18.2 Å². The van der Waals surface area contributed by atoms with Gasteiger partial charge in [-0.1, -0.05) is 0 Å². The van der Waals surface area contributed by atoms with Crippen molar-refractivity contribution in [3.05, 3.63) is 35.5 Å². The standard InChI is InChI=1S/C32H41F4N5O7/c1-18(38(5)30(47)48-31(2,3)4)27(44)37-26(19-6-8-32(35,36)9-7-19)29(46)40-12-10-39(11-13-40)28(45)24-15-20-14-21(33)22(34)16-23(20)41(24)17-25(42)43/h14-16,18-19,26H,6-13,17H2,1-5H3,(H,37,44)(H,42,43)/t18-,26-/m0/s1. The summed E-state index contributed by atoms with van der Waals surface area (Å²) in [7, 11) is 1.37. The van der Waals surface area contributed by atoms with Crippen molar-refractivity contribution in [2.24, 2.45) is 5.92 Å². The predicted octanol–water partition coefficient (Wildman–Crippen LogP) is 3.85. The van der Waals surface area contributed by atoms with E-state index >= 15 is 0 Å². The minimum atomic E-state index is -2.88. The number of halogens is 4. The third-order valence-electron chi connectivity index (χ3n) is 8.77.